The quantitative estimate of drug-likeness (QED) is 0.867. The van der Waals surface area contributed by atoms with E-state index in [-0.39, 0.29) is 22.5 Å². The minimum Gasteiger partial charge on any atom is -0.494 e. The summed E-state index contributed by atoms with van der Waals surface area (Å²) >= 11 is 0. The topological polar surface area (TPSA) is 88.6 Å². The molecular formula is C12H10FNO5. The minimum atomic E-state index is -1.20. The lowest BCUT2D eigenvalue weighted by Crippen LogP contribution is -2.13. The molecule has 0 atom stereocenters. The van der Waals surface area contributed by atoms with Crippen LogP contribution in [0.2, 0.25) is 0 Å². The predicted molar refractivity (Wildman–Crippen MR) is 64.2 cm³/mol. The molecule has 0 aliphatic heterocycles. The third-order valence-corrected chi connectivity index (χ3v) is 2.45. The van der Waals surface area contributed by atoms with Crippen LogP contribution in [0.4, 0.5) is 4.39 Å². The molecular weight excluding hydrogens is 257 g/mol. The van der Waals surface area contributed by atoms with Crippen molar-refractivity contribution in [1.82, 2.24) is 4.98 Å². The molecule has 0 saturated carbocycles. The molecule has 0 spiro atoms. The van der Waals surface area contributed by atoms with E-state index in [2.05, 4.69) is 4.98 Å². The van der Waals surface area contributed by atoms with Crippen molar-refractivity contribution in [3.8, 4) is 11.6 Å². The van der Waals surface area contributed by atoms with Crippen LogP contribution in [0.25, 0.3) is 10.9 Å². The third kappa shape index (κ3) is 2.49. The van der Waals surface area contributed by atoms with Crippen molar-refractivity contribution in [2.24, 2.45) is 0 Å². The highest BCUT2D eigenvalue weighted by atomic mass is 19.1. The summed E-state index contributed by atoms with van der Waals surface area (Å²) in [5.41, 5.74) is -0.567. The first-order valence-corrected chi connectivity index (χ1v) is 5.27. The van der Waals surface area contributed by atoms with Crippen molar-refractivity contribution in [2.45, 2.75) is 0 Å². The Hall–Kier alpha value is -2.57. The zero-order valence-corrected chi connectivity index (χ0v) is 9.90. The number of carboxylic acid groups (broad SMARTS) is 1. The van der Waals surface area contributed by atoms with Crippen molar-refractivity contribution < 1.29 is 23.8 Å². The van der Waals surface area contributed by atoms with Gasteiger partial charge in [-0.3, -0.25) is 4.79 Å². The van der Waals surface area contributed by atoms with Crippen LogP contribution in [0.15, 0.2) is 23.0 Å². The number of fused-ring (bicyclic) bond motifs is 1. The van der Waals surface area contributed by atoms with Gasteiger partial charge in [-0.05, 0) is 12.1 Å². The molecule has 7 heteroatoms. The van der Waals surface area contributed by atoms with Gasteiger partial charge in [0.15, 0.2) is 29.5 Å². The molecule has 100 valence electrons. The molecule has 0 radical (unpaired) electrons. The molecule has 6 nitrogen and oxygen atoms in total. The van der Waals surface area contributed by atoms with Gasteiger partial charge in [-0.1, -0.05) is 0 Å². The summed E-state index contributed by atoms with van der Waals surface area (Å²) < 4.78 is 23.6. The van der Waals surface area contributed by atoms with Crippen LogP contribution < -0.4 is 14.9 Å². The Morgan fingerprint density at radius 2 is 2.21 bits per heavy atom. The Balaban J connectivity index is 2.56. The van der Waals surface area contributed by atoms with Gasteiger partial charge in [0, 0.05) is 11.5 Å². The first-order valence-electron chi connectivity index (χ1n) is 5.27. The Bertz CT molecular complexity index is 694. The van der Waals surface area contributed by atoms with E-state index >= 15 is 0 Å². The van der Waals surface area contributed by atoms with E-state index in [0.717, 1.165) is 6.07 Å². The van der Waals surface area contributed by atoms with Crippen LogP contribution in [0.1, 0.15) is 0 Å². The van der Waals surface area contributed by atoms with E-state index in [1.54, 1.807) is 0 Å². The average molecular weight is 267 g/mol. The summed E-state index contributed by atoms with van der Waals surface area (Å²) in [6.45, 7) is -0.632. The Kier molecular flexibility index (Phi) is 3.37. The van der Waals surface area contributed by atoms with Crippen LogP contribution in [-0.2, 0) is 4.79 Å². The maximum Gasteiger partial charge on any atom is 0.341 e. The standard InChI is InChI=1S/C12H10FNO5/c1-18-8-3-2-6-7(15)4-9(19-5-10(16)17)14-12(6)11(8)13/h2-4H,5H2,1H3,(H,14,15)(H,16,17). The Labute approximate surface area is 106 Å². The van der Waals surface area contributed by atoms with Crippen LogP contribution in [0.5, 0.6) is 11.6 Å². The molecule has 19 heavy (non-hydrogen) atoms. The van der Waals surface area contributed by atoms with E-state index in [1.807, 2.05) is 0 Å². The second kappa shape index (κ2) is 4.97. The van der Waals surface area contributed by atoms with Crippen LogP contribution in [-0.4, -0.2) is 29.8 Å². The number of pyridine rings is 1. The molecule has 1 aromatic carbocycles. The number of aromatic amines is 1. The molecule has 0 saturated heterocycles. The maximum absolute atomic E-state index is 14.0. The van der Waals surface area contributed by atoms with Gasteiger partial charge in [-0.15, -0.1) is 0 Å². The fourth-order valence-corrected chi connectivity index (χ4v) is 1.62. The summed E-state index contributed by atoms with van der Waals surface area (Å²) in [4.78, 5) is 24.6. The number of ether oxygens (including phenoxy) is 2. The second-order valence-electron chi connectivity index (χ2n) is 3.68. The van der Waals surface area contributed by atoms with Gasteiger partial charge in [0.2, 0.25) is 0 Å². The summed E-state index contributed by atoms with van der Waals surface area (Å²) in [5, 5.41) is 8.61. The number of hydrogen-bond donors (Lipinski definition) is 2. The Morgan fingerprint density at radius 1 is 1.47 bits per heavy atom. The summed E-state index contributed by atoms with van der Waals surface area (Å²) in [6, 6.07) is 3.82. The highest BCUT2D eigenvalue weighted by molar-refractivity contribution is 5.81. The largest absolute Gasteiger partial charge is 0.494 e. The predicted octanol–water partition coefficient (Wildman–Crippen LogP) is 1.14. The number of aromatic nitrogens is 1. The number of benzene rings is 1. The normalized spacial score (nSPS) is 10.4. The molecule has 2 aromatic rings. The lowest BCUT2D eigenvalue weighted by Gasteiger charge is -2.08. The van der Waals surface area contributed by atoms with Crippen molar-refractivity contribution in [2.75, 3.05) is 13.7 Å². The number of halogens is 1. The molecule has 0 aliphatic carbocycles. The molecule has 1 aromatic heterocycles. The van der Waals surface area contributed by atoms with Crippen LogP contribution >= 0.6 is 0 Å². The maximum atomic E-state index is 14.0. The minimum absolute atomic E-state index is 0.0291. The molecule has 1 heterocycles. The first kappa shape index (κ1) is 12.9. The van der Waals surface area contributed by atoms with Crippen molar-refractivity contribution >= 4 is 16.9 Å². The van der Waals surface area contributed by atoms with Gasteiger partial charge in [-0.2, -0.15) is 0 Å². The van der Waals surface area contributed by atoms with E-state index in [9.17, 15) is 14.0 Å². The van der Waals surface area contributed by atoms with Gasteiger partial charge in [0.1, 0.15) is 0 Å². The number of methoxy groups -OCH3 is 1. The second-order valence-corrected chi connectivity index (χ2v) is 3.68. The molecule has 0 amide bonds. The lowest BCUT2D eigenvalue weighted by atomic mass is 10.2. The van der Waals surface area contributed by atoms with Gasteiger partial charge >= 0.3 is 5.97 Å². The van der Waals surface area contributed by atoms with Crippen molar-refractivity contribution in [3.05, 3.63) is 34.2 Å². The Morgan fingerprint density at radius 3 is 2.84 bits per heavy atom. The third-order valence-electron chi connectivity index (χ3n) is 2.45. The number of nitrogens with one attached hydrogen (secondary N) is 1. The van der Waals surface area contributed by atoms with Gasteiger partial charge in [0.05, 0.1) is 12.6 Å². The molecule has 0 aliphatic rings. The monoisotopic (exact) mass is 267 g/mol. The highest BCUT2D eigenvalue weighted by Gasteiger charge is 2.12. The molecule has 0 unspecified atom stereocenters. The number of rotatable bonds is 4. The molecule has 0 bridgehead atoms. The molecule has 0 fully saturated rings. The van der Waals surface area contributed by atoms with Gasteiger partial charge in [0.25, 0.3) is 0 Å². The summed E-state index contributed by atoms with van der Waals surface area (Å²) in [7, 11) is 1.30. The van der Waals surface area contributed by atoms with E-state index in [1.165, 1.54) is 19.2 Å². The number of aliphatic carboxylic acids is 1. The van der Waals surface area contributed by atoms with Crippen LogP contribution in [0.3, 0.4) is 0 Å². The molecule has 2 rings (SSSR count). The van der Waals surface area contributed by atoms with E-state index in [4.69, 9.17) is 14.6 Å². The SMILES string of the molecule is COc1ccc2c(=O)cc(OCC(=O)O)[nH]c2c1F. The molecule has 2 N–H and O–H groups in total. The number of carbonyl (C=O) groups is 1. The summed E-state index contributed by atoms with van der Waals surface area (Å²) in [6.07, 6.45) is 0. The fraction of sp³-hybridized carbons (Fsp3) is 0.167. The van der Waals surface area contributed by atoms with Crippen molar-refractivity contribution in [1.29, 1.82) is 0 Å². The number of H-pyrrole nitrogens is 1. The highest BCUT2D eigenvalue weighted by Crippen LogP contribution is 2.24. The zero-order valence-electron chi connectivity index (χ0n) is 9.90. The average Bonchev–Trinajstić information content (AvgIpc) is 2.37. The smallest absolute Gasteiger partial charge is 0.341 e. The van der Waals surface area contributed by atoms with E-state index < -0.39 is 23.8 Å². The van der Waals surface area contributed by atoms with Crippen molar-refractivity contribution in [3.63, 3.8) is 0 Å². The number of hydrogen-bond acceptors (Lipinski definition) is 4. The van der Waals surface area contributed by atoms with Gasteiger partial charge < -0.3 is 19.6 Å². The number of carboxylic acids is 1. The zero-order chi connectivity index (χ0) is 14.0. The fourth-order valence-electron chi connectivity index (χ4n) is 1.62. The van der Waals surface area contributed by atoms with Crippen LogP contribution in [0, 0.1) is 5.82 Å². The summed E-state index contributed by atoms with van der Waals surface area (Å²) in [5.74, 6) is -2.09. The first-order chi connectivity index (χ1) is 9.02. The van der Waals surface area contributed by atoms with E-state index in [0.29, 0.717) is 0 Å². The van der Waals surface area contributed by atoms with Gasteiger partial charge in [-0.25, -0.2) is 9.18 Å². The lowest BCUT2D eigenvalue weighted by molar-refractivity contribution is -0.139.